The van der Waals surface area contributed by atoms with E-state index in [0.717, 1.165) is 63.7 Å². The summed E-state index contributed by atoms with van der Waals surface area (Å²) in [6.07, 6.45) is 9.03. The summed E-state index contributed by atoms with van der Waals surface area (Å²) < 4.78 is 24.1. The summed E-state index contributed by atoms with van der Waals surface area (Å²) in [5, 5.41) is 4.23. The van der Waals surface area contributed by atoms with Crippen molar-refractivity contribution < 1.29 is 13.9 Å². The molecular weight excluding hydrogens is 355 g/mol. The Morgan fingerprint density at radius 3 is 2.69 bits per heavy atom. The number of ether oxygens (including phenoxy) is 2. The summed E-state index contributed by atoms with van der Waals surface area (Å²) in [6.45, 7) is 3.39. The van der Waals surface area contributed by atoms with Gasteiger partial charge in [-0.3, -0.25) is 4.98 Å². The molecule has 26 heavy (non-hydrogen) atoms. The van der Waals surface area contributed by atoms with E-state index in [1.807, 2.05) is 0 Å². The summed E-state index contributed by atoms with van der Waals surface area (Å²) in [6, 6.07) is 1.38. The molecule has 6 heteroatoms. The van der Waals surface area contributed by atoms with Crippen LogP contribution >= 0.6 is 11.6 Å². The van der Waals surface area contributed by atoms with E-state index in [-0.39, 0.29) is 11.4 Å². The van der Waals surface area contributed by atoms with Gasteiger partial charge in [0.1, 0.15) is 5.82 Å². The normalized spacial score (nSPS) is 26.0. The molecule has 4 nitrogen and oxygen atoms in total. The van der Waals surface area contributed by atoms with Crippen LogP contribution in [0.5, 0.6) is 0 Å². The van der Waals surface area contributed by atoms with Crippen molar-refractivity contribution in [1.82, 2.24) is 10.3 Å². The quantitative estimate of drug-likeness (QED) is 0.760. The minimum absolute atomic E-state index is 0.0791. The predicted molar refractivity (Wildman–Crippen MR) is 101 cm³/mol. The number of nitrogens with one attached hydrogen (secondary N) is 1. The molecule has 1 aliphatic carbocycles. The van der Waals surface area contributed by atoms with E-state index in [1.165, 1.54) is 31.5 Å². The van der Waals surface area contributed by atoms with Gasteiger partial charge >= 0.3 is 0 Å². The molecule has 1 aromatic rings. The average molecular weight is 385 g/mol. The number of nitrogens with zero attached hydrogens (tertiary/aromatic N) is 1. The second-order valence-corrected chi connectivity index (χ2v) is 8.19. The molecule has 0 atom stereocenters. The van der Waals surface area contributed by atoms with E-state index in [1.54, 1.807) is 7.11 Å². The van der Waals surface area contributed by atoms with Gasteiger partial charge in [-0.05, 0) is 63.5 Å². The molecule has 1 aliphatic heterocycles. The fourth-order valence-corrected chi connectivity index (χ4v) is 4.71. The largest absolute Gasteiger partial charge is 0.383 e. The van der Waals surface area contributed by atoms with Crippen LogP contribution in [0.3, 0.4) is 0 Å². The Hall–Kier alpha value is -0.750. The fraction of sp³-hybridized carbons (Fsp3) is 0.750. The lowest BCUT2D eigenvalue weighted by molar-refractivity contribution is 0.0000458. The molecule has 0 radical (unpaired) electrons. The van der Waals surface area contributed by atoms with E-state index in [4.69, 9.17) is 21.1 Å². The second kappa shape index (κ2) is 9.45. The van der Waals surface area contributed by atoms with Gasteiger partial charge in [0.15, 0.2) is 0 Å². The number of halogens is 2. The smallest absolute Gasteiger partial charge is 0.142 e. The number of pyridine rings is 1. The maximum absolute atomic E-state index is 13.2. The molecule has 0 unspecified atom stereocenters. The van der Waals surface area contributed by atoms with Crippen LogP contribution in [0.2, 0.25) is 5.02 Å². The highest BCUT2D eigenvalue weighted by Gasteiger charge is 2.32. The molecule has 146 valence electrons. The van der Waals surface area contributed by atoms with Gasteiger partial charge in [-0.25, -0.2) is 4.39 Å². The van der Waals surface area contributed by atoms with Gasteiger partial charge in [-0.1, -0.05) is 11.6 Å². The zero-order valence-corrected chi connectivity index (χ0v) is 16.4. The topological polar surface area (TPSA) is 43.4 Å². The first-order chi connectivity index (χ1) is 12.6. The lowest BCUT2D eigenvalue weighted by Crippen LogP contribution is -2.53. The molecule has 0 amide bonds. The van der Waals surface area contributed by atoms with E-state index in [2.05, 4.69) is 10.3 Å². The maximum Gasteiger partial charge on any atom is 0.142 e. The Balaban J connectivity index is 1.44. The first-order valence-electron chi connectivity index (χ1n) is 9.74. The third kappa shape index (κ3) is 5.16. The fourth-order valence-electron chi connectivity index (χ4n) is 4.40. The summed E-state index contributed by atoms with van der Waals surface area (Å²) in [4.78, 5) is 4.23. The van der Waals surface area contributed by atoms with Gasteiger partial charge < -0.3 is 14.8 Å². The van der Waals surface area contributed by atoms with Gasteiger partial charge in [-0.2, -0.15) is 0 Å². The highest BCUT2D eigenvalue weighted by Crippen LogP contribution is 2.38. The van der Waals surface area contributed by atoms with Crippen LogP contribution in [0.25, 0.3) is 0 Å². The number of rotatable bonds is 7. The molecule has 0 bridgehead atoms. The van der Waals surface area contributed by atoms with Crippen LogP contribution in [0.1, 0.15) is 56.6 Å². The van der Waals surface area contributed by atoms with Gasteiger partial charge in [0.25, 0.3) is 0 Å². The second-order valence-electron chi connectivity index (χ2n) is 7.78. The van der Waals surface area contributed by atoms with Crippen molar-refractivity contribution in [3.63, 3.8) is 0 Å². The van der Waals surface area contributed by atoms with Gasteiger partial charge in [0, 0.05) is 31.8 Å². The molecule has 3 rings (SSSR count). The average Bonchev–Trinajstić information content (AvgIpc) is 2.64. The number of aromatic nitrogens is 1. The highest BCUT2D eigenvalue weighted by molar-refractivity contribution is 6.31. The van der Waals surface area contributed by atoms with Gasteiger partial charge in [0.05, 0.1) is 23.5 Å². The third-order valence-electron chi connectivity index (χ3n) is 5.99. The first-order valence-corrected chi connectivity index (χ1v) is 10.1. The van der Waals surface area contributed by atoms with E-state index in [0.29, 0.717) is 10.9 Å². The van der Waals surface area contributed by atoms with E-state index < -0.39 is 0 Å². The zero-order valence-electron chi connectivity index (χ0n) is 15.6. The van der Waals surface area contributed by atoms with Crippen LogP contribution in [0, 0.1) is 11.7 Å². The predicted octanol–water partition coefficient (Wildman–Crippen LogP) is 4.32. The zero-order chi connectivity index (χ0) is 18.4. The van der Waals surface area contributed by atoms with Crippen LogP contribution in [0.4, 0.5) is 4.39 Å². The Morgan fingerprint density at radius 1 is 1.31 bits per heavy atom. The monoisotopic (exact) mass is 384 g/mol. The summed E-state index contributed by atoms with van der Waals surface area (Å²) in [5.74, 6) is 0.733. The molecule has 1 saturated carbocycles. The van der Waals surface area contributed by atoms with Gasteiger partial charge in [-0.15, -0.1) is 0 Å². The Bertz CT molecular complexity index is 567. The molecule has 1 aromatic heterocycles. The van der Waals surface area contributed by atoms with Crippen molar-refractivity contribution >= 4 is 11.6 Å². The van der Waals surface area contributed by atoms with Crippen molar-refractivity contribution in [3.05, 3.63) is 28.8 Å². The molecule has 0 spiro atoms. The van der Waals surface area contributed by atoms with Crippen molar-refractivity contribution in [2.45, 2.75) is 56.4 Å². The molecule has 2 fully saturated rings. The lowest BCUT2D eigenvalue weighted by Gasteiger charge is -2.38. The summed E-state index contributed by atoms with van der Waals surface area (Å²) in [7, 11) is 1.77. The Kier molecular flexibility index (Phi) is 7.27. The van der Waals surface area contributed by atoms with Crippen LogP contribution in [-0.2, 0) is 9.47 Å². The van der Waals surface area contributed by atoms with Crippen LogP contribution in [0.15, 0.2) is 12.3 Å². The van der Waals surface area contributed by atoms with Crippen LogP contribution in [-0.4, -0.2) is 44.0 Å². The number of methoxy groups -OCH3 is 1. The lowest BCUT2D eigenvalue weighted by atomic mass is 9.79. The first kappa shape index (κ1) is 20.0. The van der Waals surface area contributed by atoms with Crippen molar-refractivity contribution in [1.29, 1.82) is 0 Å². The van der Waals surface area contributed by atoms with E-state index >= 15 is 0 Å². The Labute approximate surface area is 160 Å². The van der Waals surface area contributed by atoms with Crippen LogP contribution < -0.4 is 5.32 Å². The van der Waals surface area contributed by atoms with E-state index in [9.17, 15) is 4.39 Å². The van der Waals surface area contributed by atoms with Gasteiger partial charge in [0.2, 0.25) is 0 Å². The maximum atomic E-state index is 13.2. The molecular formula is C20H30ClFN2O2. The molecule has 0 aromatic carbocycles. The van der Waals surface area contributed by atoms with Crippen molar-refractivity contribution in [2.24, 2.45) is 5.92 Å². The SMILES string of the molecule is COCC1(NCC[C@H]2CC[C@H](c3ncc(F)cc3Cl)CC2)CCOCC1. The third-order valence-corrected chi connectivity index (χ3v) is 6.30. The summed E-state index contributed by atoms with van der Waals surface area (Å²) >= 11 is 6.18. The van der Waals surface area contributed by atoms with Crippen molar-refractivity contribution in [2.75, 3.05) is 33.5 Å². The number of hydrogen-bond acceptors (Lipinski definition) is 4. The van der Waals surface area contributed by atoms with Crippen molar-refractivity contribution in [3.8, 4) is 0 Å². The molecule has 1 N–H and O–H groups in total. The number of hydrogen-bond donors (Lipinski definition) is 1. The molecule has 2 aliphatic rings. The summed E-state index contributed by atoms with van der Waals surface area (Å²) in [5.41, 5.74) is 0.946. The minimum atomic E-state index is -0.364. The molecule has 1 saturated heterocycles. The standard InChI is InChI=1S/C20H30ClFN2O2/c1-25-14-20(7-10-26-11-8-20)24-9-6-15-2-4-16(5-3-15)19-18(21)12-17(22)13-23-19/h12-13,15-16,24H,2-11,14H2,1H3/t15-,16-. The Morgan fingerprint density at radius 2 is 2.04 bits per heavy atom. The minimum Gasteiger partial charge on any atom is -0.383 e. The molecule has 2 heterocycles. The highest BCUT2D eigenvalue weighted by atomic mass is 35.5.